The third-order valence-electron chi connectivity index (χ3n) is 6.22. The normalized spacial score (nSPS) is 13.2. The molecular weight excluding hydrogens is 374 g/mol. The van der Waals surface area contributed by atoms with Gasteiger partial charge in [-0.15, -0.1) is 0 Å². The van der Waals surface area contributed by atoms with Crippen molar-refractivity contribution in [1.29, 1.82) is 0 Å². The summed E-state index contributed by atoms with van der Waals surface area (Å²) in [7, 11) is 0. The maximum atomic E-state index is 12.0. The maximum absolute atomic E-state index is 12.0. The monoisotopic (exact) mass is 425 g/mol. The van der Waals surface area contributed by atoms with Crippen molar-refractivity contribution >= 4 is 11.9 Å². The zero-order valence-electron chi connectivity index (χ0n) is 21.2. The molecule has 0 aliphatic heterocycles. The molecule has 0 fully saturated rings. The maximum Gasteiger partial charge on any atom is 0.305 e. The van der Waals surface area contributed by atoms with Crippen molar-refractivity contribution in [2.45, 2.75) is 126 Å². The lowest BCUT2D eigenvalue weighted by Crippen LogP contribution is -2.28. The van der Waals surface area contributed by atoms with E-state index in [2.05, 4.69) is 53.8 Å². The van der Waals surface area contributed by atoms with E-state index in [0.717, 1.165) is 38.1 Å². The van der Waals surface area contributed by atoms with Gasteiger partial charge in [0.2, 0.25) is 5.91 Å². The summed E-state index contributed by atoms with van der Waals surface area (Å²) in [5.41, 5.74) is 0.250. The summed E-state index contributed by atoms with van der Waals surface area (Å²) < 4.78 is 5.50. The SMILES string of the molecule is CCC(C)CCCCCCNC(=O)CCCCC(=O)OCC(C)(C)CC(C)(C)CC. The van der Waals surface area contributed by atoms with E-state index in [0.29, 0.717) is 25.9 Å². The standard InChI is InChI=1S/C26H51NO3/c1-8-22(3)16-12-10-11-15-19-27-23(28)17-13-14-18-24(29)30-21-26(6,7)20-25(4,5)9-2/h22H,8-21H2,1-7H3,(H,27,28). The van der Waals surface area contributed by atoms with Crippen molar-refractivity contribution in [2.24, 2.45) is 16.7 Å². The molecule has 1 atom stereocenters. The molecule has 0 heterocycles. The average molecular weight is 426 g/mol. The Hall–Kier alpha value is -1.06. The smallest absolute Gasteiger partial charge is 0.305 e. The molecule has 0 aromatic rings. The number of carbonyl (C=O) groups is 2. The van der Waals surface area contributed by atoms with Gasteiger partial charge in [-0.25, -0.2) is 0 Å². The van der Waals surface area contributed by atoms with E-state index in [-0.39, 0.29) is 22.7 Å². The van der Waals surface area contributed by atoms with Crippen LogP contribution in [0.15, 0.2) is 0 Å². The van der Waals surface area contributed by atoms with Crippen molar-refractivity contribution in [3.05, 3.63) is 0 Å². The summed E-state index contributed by atoms with van der Waals surface area (Å²) in [4.78, 5) is 23.9. The molecule has 1 amide bonds. The Kier molecular flexibility index (Phi) is 15.1. The summed E-state index contributed by atoms with van der Waals surface area (Å²) in [5.74, 6) is 0.794. The Bertz CT molecular complexity index is 471. The number of amides is 1. The van der Waals surface area contributed by atoms with Crippen molar-refractivity contribution < 1.29 is 14.3 Å². The third kappa shape index (κ3) is 16.7. The lowest BCUT2D eigenvalue weighted by atomic mass is 9.74. The average Bonchev–Trinajstić information content (AvgIpc) is 2.68. The van der Waals surface area contributed by atoms with Gasteiger partial charge in [0.1, 0.15) is 0 Å². The number of nitrogens with one attached hydrogen (secondary N) is 1. The van der Waals surface area contributed by atoms with Crippen LogP contribution in [0.2, 0.25) is 0 Å². The first kappa shape index (κ1) is 28.9. The number of carbonyl (C=O) groups excluding carboxylic acids is 2. The summed E-state index contributed by atoms with van der Waals surface area (Å²) in [6.07, 6.45) is 11.9. The molecule has 178 valence electrons. The highest BCUT2D eigenvalue weighted by molar-refractivity contribution is 5.75. The summed E-state index contributed by atoms with van der Waals surface area (Å²) >= 11 is 0. The van der Waals surface area contributed by atoms with E-state index >= 15 is 0 Å². The fraction of sp³-hybridized carbons (Fsp3) is 0.923. The molecule has 4 heteroatoms. The van der Waals surface area contributed by atoms with E-state index < -0.39 is 0 Å². The van der Waals surface area contributed by atoms with Gasteiger partial charge in [0.15, 0.2) is 0 Å². The molecule has 1 unspecified atom stereocenters. The van der Waals surface area contributed by atoms with Crippen LogP contribution < -0.4 is 5.32 Å². The lowest BCUT2D eigenvalue weighted by molar-refractivity contribution is -0.147. The highest BCUT2D eigenvalue weighted by atomic mass is 16.5. The van der Waals surface area contributed by atoms with Crippen LogP contribution in [0.5, 0.6) is 0 Å². The van der Waals surface area contributed by atoms with Crippen LogP contribution in [0.3, 0.4) is 0 Å². The van der Waals surface area contributed by atoms with Gasteiger partial charge in [-0.05, 0) is 42.4 Å². The molecule has 0 saturated heterocycles. The van der Waals surface area contributed by atoms with Gasteiger partial charge in [-0.3, -0.25) is 9.59 Å². The van der Waals surface area contributed by atoms with Gasteiger partial charge in [0, 0.05) is 19.4 Å². The fourth-order valence-corrected chi connectivity index (χ4v) is 3.87. The first-order chi connectivity index (χ1) is 14.0. The predicted octanol–water partition coefficient (Wildman–Crippen LogP) is 7.06. The van der Waals surface area contributed by atoms with Crippen molar-refractivity contribution in [3.63, 3.8) is 0 Å². The van der Waals surface area contributed by atoms with Crippen molar-refractivity contribution in [2.75, 3.05) is 13.2 Å². The molecule has 0 aromatic carbocycles. The van der Waals surface area contributed by atoms with Crippen LogP contribution in [0.25, 0.3) is 0 Å². The van der Waals surface area contributed by atoms with Crippen LogP contribution in [0, 0.1) is 16.7 Å². The number of esters is 1. The van der Waals surface area contributed by atoms with E-state index in [9.17, 15) is 9.59 Å². The van der Waals surface area contributed by atoms with Crippen LogP contribution >= 0.6 is 0 Å². The van der Waals surface area contributed by atoms with Gasteiger partial charge in [0.05, 0.1) is 6.61 Å². The van der Waals surface area contributed by atoms with E-state index in [1.165, 1.54) is 32.1 Å². The van der Waals surface area contributed by atoms with Crippen LogP contribution in [-0.4, -0.2) is 25.0 Å². The molecule has 4 nitrogen and oxygen atoms in total. The quantitative estimate of drug-likeness (QED) is 0.189. The molecule has 0 aromatic heterocycles. The van der Waals surface area contributed by atoms with Crippen molar-refractivity contribution in [3.8, 4) is 0 Å². The minimum Gasteiger partial charge on any atom is -0.465 e. The lowest BCUT2D eigenvalue weighted by Gasteiger charge is -2.33. The summed E-state index contributed by atoms with van der Waals surface area (Å²) in [6.45, 7) is 16.8. The van der Waals surface area contributed by atoms with Gasteiger partial charge in [0.25, 0.3) is 0 Å². The minimum absolute atomic E-state index is 0.0106. The zero-order chi connectivity index (χ0) is 23.0. The fourth-order valence-electron chi connectivity index (χ4n) is 3.87. The van der Waals surface area contributed by atoms with E-state index in [1.807, 2.05) is 0 Å². The Labute approximate surface area is 187 Å². The zero-order valence-corrected chi connectivity index (χ0v) is 21.2. The van der Waals surface area contributed by atoms with Gasteiger partial charge < -0.3 is 10.1 Å². The molecule has 0 rings (SSSR count). The second kappa shape index (κ2) is 15.7. The molecule has 0 spiro atoms. The second-order valence-corrected chi connectivity index (χ2v) is 10.8. The third-order valence-corrected chi connectivity index (χ3v) is 6.22. The van der Waals surface area contributed by atoms with Gasteiger partial charge in [-0.1, -0.05) is 87.0 Å². The number of hydrogen-bond acceptors (Lipinski definition) is 3. The molecule has 0 aliphatic rings. The first-order valence-electron chi connectivity index (χ1n) is 12.4. The highest BCUT2D eigenvalue weighted by Crippen LogP contribution is 2.36. The van der Waals surface area contributed by atoms with E-state index in [4.69, 9.17) is 4.74 Å². The van der Waals surface area contributed by atoms with Crippen LogP contribution in [0.1, 0.15) is 126 Å². The molecule has 0 radical (unpaired) electrons. The Balaban J connectivity index is 3.70. The molecular formula is C26H51NO3. The number of hydrogen-bond donors (Lipinski definition) is 1. The topological polar surface area (TPSA) is 55.4 Å². The highest BCUT2D eigenvalue weighted by Gasteiger charge is 2.28. The first-order valence-corrected chi connectivity index (χ1v) is 12.4. The molecule has 1 N–H and O–H groups in total. The largest absolute Gasteiger partial charge is 0.465 e. The van der Waals surface area contributed by atoms with Gasteiger partial charge >= 0.3 is 5.97 Å². The van der Waals surface area contributed by atoms with Gasteiger partial charge in [-0.2, -0.15) is 0 Å². The molecule has 0 bridgehead atoms. The van der Waals surface area contributed by atoms with E-state index in [1.54, 1.807) is 0 Å². The number of unbranched alkanes of at least 4 members (excludes halogenated alkanes) is 4. The second-order valence-electron chi connectivity index (χ2n) is 10.8. The summed E-state index contributed by atoms with van der Waals surface area (Å²) in [5, 5.41) is 3.00. The predicted molar refractivity (Wildman–Crippen MR) is 127 cm³/mol. The Morgan fingerprint density at radius 2 is 1.50 bits per heavy atom. The molecule has 0 saturated carbocycles. The Morgan fingerprint density at radius 1 is 0.867 bits per heavy atom. The van der Waals surface area contributed by atoms with Crippen molar-refractivity contribution in [1.82, 2.24) is 5.32 Å². The Morgan fingerprint density at radius 3 is 2.13 bits per heavy atom. The van der Waals surface area contributed by atoms with Crippen LogP contribution in [0.4, 0.5) is 0 Å². The van der Waals surface area contributed by atoms with Crippen LogP contribution in [-0.2, 0) is 14.3 Å². The molecule has 0 aliphatic carbocycles. The minimum atomic E-state index is -0.143. The number of rotatable bonds is 18. The number of ether oxygens (including phenoxy) is 1. The molecule has 30 heavy (non-hydrogen) atoms. The summed E-state index contributed by atoms with van der Waals surface area (Å²) in [6, 6.07) is 0.